The maximum atomic E-state index is 5.84. The number of likely N-dealkylation sites (tertiary alicyclic amines) is 1. The summed E-state index contributed by atoms with van der Waals surface area (Å²) >= 11 is 0. The van der Waals surface area contributed by atoms with Crippen molar-refractivity contribution in [2.24, 2.45) is 4.99 Å². The minimum atomic E-state index is 0.795. The molecule has 0 spiro atoms. The van der Waals surface area contributed by atoms with Gasteiger partial charge in [-0.2, -0.15) is 0 Å². The Morgan fingerprint density at radius 3 is 2.38 bits per heavy atom. The van der Waals surface area contributed by atoms with Gasteiger partial charge in [0.05, 0.1) is 5.70 Å². The van der Waals surface area contributed by atoms with Gasteiger partial charge in [0, 0.05) is 30.8 Å². The minimum Gasteiger partial charge on any atom is -0.399 e. The summed E-state index contributed by atoms with van der Waals surface area (Å²) in [4.78, 5) is 7.27. The number of nitrogen functional groups attached to an aromatic ring is 1. The fourth-order valence-electron chi connectivity index (χ4n) is 3.73. The number of hydrogen-bond acceptors (Lipinski definition) is 3. The zero-order valence-electron chi connectivity index (χ0n) is 14.0. The van der Waals surface area contributed by atoms with E-state index in [9.17, 15) is 0 Å². The van der Waals surface area contributed by atoms with Gasteiger partial charge in [0.25, 0.3) is 0 Å². The van der Waals surface area contributed by atoms with Gasteiger partial charge in [-0.25, -0.2) is 4.99 Å². The summed E-state index contributed by atoms with van der Waals surface area (Å²) in [5.74, 6) is 1.18. The van der Waals surface area contributed by atoms with Crippen LogP contribution in [0.25, 0.3) is 16.8 Å². The molecule has 2 aromatic rings. The minimum absolute atomic E-state index is 0.795. The average Bonchev–Trinajstić information content (AvgIpc) is 2.63. The Kier molecular flexibility index (Phi) is 3.85. The third-order valence-electron chi connectivity index (χ3n) is 5.03. The normalized spacial score (nSPS) is 17.4. The zero-order valence-corrected chi connectivity index (χ0v) is 14.0. The molecular weight excluding hydrogens is 294 g/mol. The van der Waals surface area contributed by atoms with Crippen LogP contribution in [-0.2, 0) is 6.42 Å². The largest absolute Gasteiger partial charge is 0.399 e. The molecule has 2 heterocycles. The first-order valence-electron chi connectivity index (χ1n) is 8.72. The second kappa shape index (κ2) is 6.16. The van der Waals surface area contributed by atoms with Crippen molar-refractivity contribution in [1.82, 2.24) is 4.90 Å². The number of amidine groups is 1. The van der Waals surface area contributed by atoms with E-state index in [2.05, 4.69) is 41.8 Å². The van der Waals surface area contributed by atoms with Crippen molar-refractivity contribution >= 4 is 17.2 Å². The Morgan fingerprint density at radius 2 is 1.62 bits per heavy atom. The molecule has 1 fully saturated rings. The predicted molar refractivity (Wildman–Crippen MR) is 102 cm³/mol. The first-order valence-corrected chi connectivity index (χ1v) is 8.72. The van der Waals surface area contributed by atoms with Gasteiger partial charge < -0.3 is 10.6 Å². The highest BCUT2D eigenvalue weighted by atomic mass is 15.2. The molecule has 0 unspecified atom stereocenters. The van der Waals surface area contributed by atoms with Crippen molar-refractivity contribution in [3.63, 3.8) is 0 Å². The van der Waals surface area contributed by atoms with Gasteiger partial charge in [-0.15, -0.1) is 0 Å². The van der Waals surface area contributed by atoms with Crippen LogP contribution in [-0.4, -0.2) is 23.8 Å². The predicted octanol–water partition coefficient (Wildman–Crippen LogP) is 4.35. The summed E-state index contributed by atoms with van der Waals surface area (Å²) in [6.45, 7) is 6.45. The van der Waals surface area contributed by atoms with Crippen LogP contribution < -0.4 is 5.73 Å². The Labute approximate surface area is 143 Å². The summed E-state index contributed by atoms with van der Waals surface area (Å²) in [5, 5.41) is 0. The quantitative estimate of drug-likeness (QED) is 0.795. The summed E-state index contributed by atoms with van der Waals surface area (Å²) in [5.41, 5.74) is 12.5. The molecule has 0 saturated carbocycles. The number of aliphatic imine (C=N–C) groups is 1. The van der Waals surface area contributed by atoms with E-state index in [1.54, 1.807) is 0 Å². The first-order chi connectivity index (χ1) is 11.7. The Hall–Kier alpha value is -2.55. The van der Waals surface area contributed by atoms with Crippen LogP contribution in [0.3, 0.4) is 0 Å². The van der Waals surface area contributed by atoms with Crippen LogP contribution in [0.4, 0.5) is 5.69 Å². The van der Waals surface area contributed by atoms with E-state index in [-0.39, 0.29) is 0 Å². The second-order valence-electron chi connectivity index (χ2n) is 6.65. The number of rotatable bonds is 1. The first kappa shape index (κ1) is 15.0. The Bertz CT molecular complexity index is 796. The van der Waals surface area contributed by atoms with E-state index >= 15 is 0 Å². The van der Waals surface area contributed by atoms with Gasteiger partial charge in [-0.05, 0) is 48.1 Å². The lowest BCUT2D eigenvalue weighted by molar-refractivity contribution is 0.338. The third-order valence-corrected chi connectivity index (χ3v) is 5.03. The van der Waals surface area contributed by atoms with Crippen molar-refractivity contribution in [2.75, 3.05) is 18.8 Å². The van der Waals surface area contributed by atoms with Crippen LogP contribution in [0, 0.1) is 0 Å². The van der Waals surface area contributed by atoms with Crippen LogP contribution in [0.1, 0.15) is 30.4 Å². The molecule has 122 valence electrons. The standard InChI is InChI=1S/C21H23N3/c1-15-18-6-5-7-19(16-8-10-17(22)11-9-16)20(18)14-21(23-15)24-12-3-2-4-13-24/h5-11H,1-4,12-14,22H2. The molecule has 2 aliphatic heterocycles. The number of nitrogens with two attached hydrogens (primary N) is 1. The van der Waals surface area contributed by atoms with E-state index in [1.807, 2.05) is 12.1 Å². The number of hydrogen-bond donors (Lipinski definition) is 1. The van der Waals surface area contributed by atoms with Crippen molar-refractivity contribution < 1.29 is 0 Å². The smallest absolute Gasteiger partial charge is 0.109 e. The lowest BCUT2D eigenvalue weighted by Crippen LogP contribution is -2.38. The molecule has 2 aliphatic rings. The molecule has 3 nitrogen and oxygen atoms in total. The summed E-state index contributed by atoms with van der Waals surface area (Å²) in [6, 6.07) is 14.5. The highest BCUT2D eigenvalue weighted by Crippen LogP contribution is 2.34. The van der Waals surface area contributed by atoms with Gasteiger partial charge in [-0.1, -0.05) is 36.9 Å². The monoisotopic (exact) mass is 317 g/mol. The molecule has 0 amide bonds. The van der Waals surface area contributed by atoms with Gasteiger partial charge >= 0.3 is 0 Å². The van der Waals surface area contributed by atoms with Crippen LogP contribution in [0.2, 0.25) is 0 Å². The lowest BCUT2D eigenvalue weighted by atomic mass is 9.90. The second-order valence-corrected chi connectivity index (χ2v) is 6.65. The Balaban J connectivity index is 1.74. The van der Waals surface area contributed by atoms with E-state index in [0.717, 1.165) is 30.9 Å². The van der Waals surface area contributed by atoms with Crippen molar-refractivity contribution in [1.29, 1.82) is 0 Å². The average molecular weight is 317 g/mol. The fraction of sp³-hybridized carbons (Fsp3) is 0.286. The van der Waals surface area contributed by atoms with Crippen molar-refractivity contribution in [3.05, 3.63) is 60.2 Å². The molecule has 0 bridgehead atoms. The van der Waals surface area contributed by atoms with Gasteiger partial charge in [0.2, 0.25) is 0 Å². The summed E-state index contributed by atoms with van der Waals surface area (Å²) < 4.78 is 0. The Morgan fingerprint density at radius 1 is 0.917 bits per heavy atom. The SMILES string of the molecule is C=C1N=C(N2CCCCC2)Cc2c1cccc2-c1ccc(N)cc1. The highest BCUT2D eigenvalue weighted by molar-refractivity contribution is 5.96. The number of benzene rings is 2. The van der Waals surface area contributed by atoms with Crippen LogP contribution in [0.15, 0.2) is 54.0 Å². The molecule has 2 N–H and O–H groups in total. The third kappa shape index (κ3) is 2.71. The maximum Gasteiger partial charge on any atom is 0.109 e. The van der Waals surface area contributed by atoms with Crippen LogP contribution >= 0.6 is 0 Å². The summed E-state index contributed by atoms with van der Waals surface area (Å²) in [7, 11) is 0. The molecule has 0 aliphatic carbocycles. The molecule has 2 aromatic carbocycles. The number of piperidine rings is 1. The molecule has 4 rings (SSSR count). The van der Waals surface area contributed by atoms with E-state index in [1.165, 1.54) is 47.4 Å². The van der Waals surface area contributed by atoms with Gasteiger partial charge in [0.1, 0.15) is 5.84 Å². The van der Waals surface area contributed by atoms with Crippen molar-refractivity contribution in [2.45, 2.75) is 25.7 Å². The molecule has 0 radical (unpaired) electrons. The summed E-state index contributed by atoms with van der Waals surface area (Å²) in [6.07, 6.45) is 4.74. The van der Waals surface area contributed by atoms with E-state index in [4.69, 9.17) is 10.7 Å². The molecule has 1 saturated heterocycles. The number of nitrogens with zero attached hydrogens (tertiary/aromatic N) is 2. The van der Waals surface area contributed by atoms with E-state index in [0.29, 0.717) is 0 Å². The highest BCUT2D eigenvalue weighted by Gasteiger charge is 2.23. The van der Waals surface area contributed by atoms with Gasteiger partial charge in [0.15, 0.2) is 0 Å². The van der Waals surface area contributed by atoms with Crippen molar-refractivity contribution in [3.8, 4) is 11.1 Å². The zero-order chi connectivity index (χ0) is 16.5. The lowest BCUT2D eigenvalue weighted by Gasteiger charge is -2.33. The molecule has 0 atom stereocenters. The molecular formula is C21H23N3. The fourth-order valence-corrected chi connectivity index (χ4v) is 3.73. The van der Waals surface area contributed by atoms with Gasteiger partial charge in [-0.3, -0.25) is 0 Å². The maximum absolute atomic E-state index is 5.84. The number of fused-ring (bicyclic) bond motifs is 1. The topological polar surface area (TPSA) is 41.6 Å². The molecule has 3 heteroatoms. The number of anilines is 1. The molecule has 24 heavy (non-hydrogen) atoms. The van der Waals surface area contributed by atoms with E-state index < -0.39 is 0 Å². The molecule has 0 aromatic heterocycles. The van der Waals surface area contributed by atoms with Crippen LogP contribution in [0.5, 0.6) is 0 Å².